The molecule has 0 unspecified atom stereocenters. The van der Waals surface area contributed by atoms with Crippen LogP contribution in [0.3, 0.4) is 0 Å². The third-order valence-corrected chi connectivity index (χ3v) is 4.02. The Balaban J connectivity index is 1.83. The maximum atomic E-state index is 4.58. The minimum Gasteiger partial charge on any atom is -0.316 e. The molecular weight excluding hydrogens is 258 g/mol. The number of aryl methyl sites for hydroxylation is 1. The van der Waals surface area contributed by atoms with E-state index in [1.165, 1.54) is 6.42 Å². The molecule has 0 saturated carbocycles. The Kier molecular flexibility index (Phi) is 3.44. The number of likely N-dealkylation sites (N-methyl/N-ethyl adjacent to an activating group) is 1. The molecule has 0 bridgehead atoms. The molecule has 1 N–H and O–H groups in total. The van der Waals surface area contributed by atoms with E-state index in [0.717, 1.165) is 35.6 Å². The number of aromatic nitrogens is 3. The van der Waals surface area contributed by atoms with Crippen molar-refractivity contribution in [2.45, 2.75) is 19.3 Å². The van der Waals surface area contributed by atoms with Gasteiger partial charge in [0.25, 0.3) is 0 Å². The van der Waals surface area contributed by atoms with Crippen LogP contribution in [0.1, 0.15) is 23.9 Å². The van der Waals surface area contributed by atoms with Crippen LogP contribution in [0.25, 0.3) is 0 Å². The maximum absolute atomic E-state index is 4.58. The third kappa shape index (κ3) is 2.90. The van der Waals surface area contributed by atoms with Crippen molar-refractivity contribution >= 4 is 22.3 Å². The molecule has 2 aromatic rings. The van der Waals surface area contributed by atoms with Gasteiger partial charge in [0.15, 0.2) is 5.13 Å². The van der Waals surface area contributed by atoms with Crippen LogP contribution in [0.4, 0.5) is 10.9 Å². The molecule has 5 nitrogen and oxygen atoms in total. The van der Waals surface area contributed by atoms with Crippen LogP contribution < -0.4 is 5.32 Å². The molecule has 1 atom stereocenters. The number of hydrogen-bond donors (Lipinski definition) is 1. The molecule has 3 rings (SSSR count). The van der Waals surface area contributed by atoms with Crippen LogP contribution in [0, 0.1) is 6.92 Å². The van der Waals surface area contributed by atoms with Gasteiger partial charge in [-0.2, -0.15) is 0 Å². The van der Waals surface area contributed by atoms with E-state index >= 15 is 0 Å². The monoisotopic (exact) mass is 275 g/mol. The zero-order chi connectivity index (χ0) is 13.2. The molecule has 2 aromatic heterocycles. The van der Waals surface area contributed by atoms with Gasteiger partial charge in [-0.15, -0.1) is 11.3 Å². The zero-order valence-electron chi connectivity index (χ0n) is 11.1. The summed E-state index contributed by atoms with van der Waals surface area (Å²) in [6.45, 7) is 4.16. The van der Waals surface area contributed by atoms with Crippen LogP contribution in [0.5, 0.6) is 0 Å². The van der Waals surface area contributed by atoms with Crippen LogP contribution in [-0.2, 0) is 0 Å². The van der Waals surface area contributed by atoms with Crippen LogP contribution in [0.15, 0.2) is 17.6 Å². The van der Waals surface area contributed by atoms with E-state index in [2.05, 4.69) is 38.3 Å². The number of likely N-dealkylation sites (tertiary alicyclic amines) is 1. The van der Waals surface area contributed by atoms with E-state index in [-0.39, 0.29) is 0 Å². The highest BCUT2D eigenvalue weighted by molar-refractivity contribution is 7.13. The summed E-state index contributed by atoms with van der Waals surface area (Å²) in [6.07, 6.45) is 2.96. The van der Waals surface area contributed by atoms with E-state index < -0.39 is 0 Å². The second-order valence-electron chi connectivity index (χ2n) is 4.94. The molecule has 0 aromatic carbocycles. The molecule has 1 fully saturated rings. The standard InChI is InChI=1S/C13H17N5S/c1-9-15-11(10-3-5-18(2)8-10)7-12(16-9)17-13-14-4-6-19-13/h4,6-7,10H,3,5,8H2,1-2H3,(H,14,15,16,17)/t10-/m1/s1. The summed E-state index contributed by atoms with van der Waals surface area (Å²) in [4.78, 5) is 15.6. The second kappa shape index (κ2) is 5.22. The Morgan fingerprint density at radius 1 is 1.42 bits per heavy atom. The Labute approximate surface area is 116 Å². The van der Waals surface area contributed by atoms with Crippen molar-refractivity contribution in [1.82, 2.24) is 19.9 Å². The molecule has 0 radical (unpaired) electrons. The lowest BCUT2D eigenvalue weighted by Crippen LogP contribution is -2.14. The molecule has 0 spiro atoms. The molecule has 19 heavy (non-hydrogen) atoms. The largest absolute Gasteiger partial charge is 0.316 e. The topological polar surface area (TPSA) is 53.9 Å². The third-order valence-electron chi connectivity index (χ3n) is 3.33. The Hall–Kier alpha value is -1.53. The predicted molar refractivity (Wildman–Crippen MR) is 77.0 cm³/mol. The number of thiazole rings is 1. The van der Waals surface area contributed by atoms with Gasteiger partial charge >= 0.3 is 0 Å². The lowest BCUT2D eigenvalue weighted by atomic mass is 10.0. The summed E-state index contributed by atoms with van der Waals surface area (Å²) in [7, 11) is 2.16. The molecule has 0 amide bonds. The van der Waals surface area contributed by atoms with Gasteiger partial charge in [0.2, 0.25) is 0 Å². The fourth-order valence-electron chi connectivity index (χ4n) is 2.44. The van der Waals surface area contributed by atoms with Crippen molar-refractivity contribution < 1.29 is 0 Å². The van der Waals surface area contributed by atoms with Crippen LogP contribution in [-0.4, -0.2) is 40.0 Å². The smallest absolute Gasteiger partial charge is 0.188 e. The molecule has 6 heteroatoms. The van der Waals surface area contributed by atoms with Gasteiger partial charge in [0.05, 0.1) is 5.69 Å². The number of nitrogens with zero attached hydrogens (tertiary/aromatic N) is 4. The van der Waals surface area contributed by atoms with Crippen molar-refractivity contribution in [2.75, 3.05) is 25.5 Å². The highest BCUT2D eigenvalue weighted by atomic mass is 32.1. The Bertz CT molecular complexity index is 554. The molecule has 100 valence electrons. The number of anilines is 2. The van der Waals surface area contributed by atoms with E-state index in [1.54, 1.807) is 17.5 Å². The van der Waals surface area contributed by atoms with Gasteiger partial charge in [-0.05, 0) is 26.9 Å². The normalized spacial score (nSPS) is 19.8. The van der Waals surface area contributed by atoms with Gasteiger partial charge in [0, 0.05) is 30.1 Å². The SMILES string of the molecule is Cc1nc(Nc2nccs2)cc([C@@H]2CCN(C)C2)n1. The van der Waals surface area contributed by atoms with Crippen molar-refractivity contribution in [3.63, 3.8) is 0 Å². The number of nitrogens with one attached hydrogen (secondary N) is 1. The fraction of sp³-hybridized carbons (Fsp3) is 0.462. The molecule has 1 aliphatic heterocycles. The van der Waals surface area contributed by atoms with E-state index in [9.17, 15) is 0 Å². The van der Waals surface area contributed by atoms with Gasteiger partial charge in [-0.25, -0.2) is 15.0 Å². The van der Waals surface area contributed by atoms with Gasteiger partial charge in [0.1, 0.15) is 11.6 Å². The summed E-state index contributed by atoms with van der Waals surface area (Å²) < 4.78 is 0. The minimum atomic E-state index is 0.517. The first-order valence-electron chi connectivity index (χ1n) is 6.41. The second-order valence-corrected chi connectivity index (χ2v) is 5.83. The maximum Gasteiger partial charge on any atom is 0.188 e. The lowest BCUT2D eigenvalue weighted by molar-refractivity contribution is 0.410. The predicted octanol–water partition coefficient (Wildman–Crippen LogP) is 2.40. The Morgan fingerprint density at radius 2 is 2.32 bits per heavy atom. The summed E-state index contributed by atoms with van der Waals surface area (Å²) in [5.74, 6) is 2.17. The quantitative estimate of drug-likeness (QED) is 0.932. The van der Waals surface area contributed by atoms with E-state index in [0.29, 0.717) is 5.92 Å². The fourth-order valence-corrected chi connectivity index (χ4v) is 2.97. The average molecular weight is 275 g/mol. The first-order valence-corrected chi connectivity index (χ1v) is 7.29. The highest BCUT2D eigenvalue weighted by Crippen LogP contribution is 2.27. The molecule has 1 saturated heterocycles. The first-order chi connectivity index (χ1) is 9.20. The van der Waals surface area contributed by atoms with Gasteiger partial charge in [-0.3, -0.25) is 0 Å². The number of rotatable bonds is 3. The molecule has 0 aliphatic carbocycles. The molecule has 1 aliphatic rings. The van der Waals surface area contributed by atoms with E-state index in [4.69, 9.17) is 0 Å². The molecular formula is C13H17N5S. The van der Waals surface area contributed by atoms with Crippen molar-refractivity contribution in [2.24, 2.45) is 0 Å². The van der Waals surface area contributed by atoms with E-state index in [1.807, 2.05) is 12.3 Å². The summed E-state index contributed by atoms with van der Waals surface area (Å²) in [5, 5.41) is 6.06. The van der Waals surface area contributed by atoms with Crippen LogP contribution >= 0.6 is 11.3 Å². The summed E-state index contributed by atoms with van der Waals surface area (Å²) in [5.41, 5.74) is 1.14. The lowest BCUT2D eigenvalue weighted by Gasteiger charge is -2.12. The van der Waals surface area contributed by atoms with Crippen molar-refractivity contribution in [1.29, 1.82) is 0 Å². The zero-order valence-corrected chi connectivity index (χ0v) is 11.9. The van der Waals surface area contributed by atoms with Crippen molar-refractivity contribution in [3.05, 3.63) is 29.2 Å². The Morgan fingerprint density at radius 3 is 3.00 bits per heavy atom. The van der Waals surface area contributed by atoms with Gasteiger partial charge in [-0.1, -0.05) is 0 Å². The number of hydrogen-bond acceptors (Lipinski definition) is 6. The van der Waals surface area contributed by atoms with Crippen LogP contribution in [0.2, 0.25) is 0 Å². The molecule has 3 heterocycles. The average Bonchev–Trinajstić information content (AvgIpc) is 3.00. The summed E-state index contributed by atoms with van der Waals surface area (Å²) >= 11 is 1.57. The van der Waals surface area contributed by atoms with Gasteiger partial charge < -0.3 is 10.2 Å². The summed E-state index contributed by atoms with van der Waals surface area (Å²) in [6, 6.07) is 2.05. The highest BCUT2D eigenvalue weighted by Gasteiger charge is 2.23. The minimum absolute atomic E-state index is 0.517. The first kappa shape index (κ1) is 12.5. The van der Waals surface area contributed by atoms with Crippen molar-refractivity contribution in [3.8, 4) is 0 Å².